The van der Waals surface area contributed by atoms with Crippen LogP contribution in [0.15, 0.2) is 0 Å². The van der Waals surface area contributed by atoms with Crippen LogP contribution in [0, 0.1) is 0 Å². The minimum absolute atomic E-state index is 0.851. The van der Waals surface area contributed by atoms with Crippen molar-refractivity contribution in [2.24, 2.45) is 0 Å². The van der Waals surface area contributed by atoms with E-state index in [-0.39, 0.29) is 0 Å². The molecule has 8 heteroatoms. The molecule has 0 amide bonds. The molecular weight excluding hydrogens is 192 g/mol. The molecule has 1 rings (SSSR count). The van der Waals surface area contributed by atoms with Gasteiger partial charge >= 0.3 is 22.9 Å². The molecule has 0 bridgehead atoms. The Kier molecular flexibility index (Phi) is 3.01. The third-order valence-electron chi connectivity index (χ3n) is 0.907. The van der Waals surface area contributed by atoms with E-state index in [0.717, 1.165) is 0 Å². The standard InChI is InChI=1S/C3H7NO5P2/c1-4(2)3-7-10(5)9-11(6)8-3/h3H,1-2H3/q+2. The SMILES string of the molecule is CN(C)C1O[P+](=O)O[P+](=O)O1. The maximum Gasteiger partial charge on any atom is 0.752 e. The molecule has 6 nitrogen and oxygen atoms in total. The third-order valence-corrected chi connectivity index (χ3v) is 2.68. The van der Waals surface area contributed by atoms with Gasteiger partial charge in [0.05, 0.1) is 0 Å². The molecule has 11 heavy (non-hydrogen) atoms. The summed E-state index contributed by atoms with van der Waals surface area (Å²) in [5.74, 6) is 0. The van der Waals surface area contributed by atoms with Crippen molar-refractivity contribution in [1.29, 1.82) is 0 Å². The summed E-state index contributed by atoms with van der Waals surface area (Å²) in [6.45, 7) is 0. The van der Waals surface area contributed by atoms with Crippen LogP contribution in [0.2, 0.25) is 0 Å². The molecule has 0 spiro atoms. The van der Waals surface area contributed by atoms with E-state index in [1.807, 2.05) is 0 Å². The second-order valence-corrected chi connectivity index (χ2v) is 3.98. The normalized spacial score (nSPS) is 32.8. The molecule has 1 fully saturated rings. The van der Waals surface area contributed by atoms with E-state index in [1.54, 1.807) is 14.1 Å². The third kappa shape index (κ3) is 2.52. The highest BCUT2D eigenvalue weighted by atomic mass is 31.2. The van der Waals surface area contributed by atoms with E-state index < -0.39 is 22.9 Å². The van der Waals surface area contributed by atoms with E-state index in [9.17, 15) is 9.13 Å². The van der Waals surface area contributed by atoms with E-state index in [1.165, 1.54) is 4.90 Å². The van der Waals surface area contributed by atoms with E-state index in [2.05, 4.69) is 13.4 Å². The lowest BCUT2D eigenvalue weighted by atomic mass is 10.9. The average Bonchev–Trinajstić information content (AvgIpc) is 1.85. The van der Waals surface area contributed by atoms with Crippen LogP contribution in [0.1, 0.15) is 0 Å². The average molecular weight is 199 g/mol. The van der Waals surface area contributed by atoms with Crippen molar-refractivity contribution < 1.29 is 22.5 Å². The molecule has 0 aromatic heterocycles. The zero-order valence-corrected chi connectivity index (χ0v) is 7.75. The smallest absolute Gasteiger partial charge is 0.254 e. The van der Waals surface area contributed by atoms with Crippen LogP contribution in [0.4, 0.5) is 0 Å². The van der Waals surface area contributed by atoms with Crippen LogP contribution in [-0.4, -0.2) is 25.4 Å². The van der Waals surface area contributed by atoms with Gasteiger partial charge in [0.15, 0.2) is 4.31 Å². The molecule has 1 heterocycles. The summed E-state index contributed by atoms with van der Waals surface area (Å²) in [5.41, 5.74) is 0. The number of hydrogen-bond acceptors (Lipinski definition) is 6. The van der Waals surface area contributed by atoms with Gasteiger partial charge in [0, 0.05) is 9.13 Å². The summed E-state index contributed by atoms with van der Waals surface area (Å²) in [6.07, 6.45) is -0.851. The van der Waals surface area contributed by atoms with Crippen molar-refractivity contribution in [2.75, 3.05) is 14.1 Å². The van der Waals surface area contributed by atoms with E-state index in [0.29, 0.717) is 0 Å². The minimum Gasteiger partial charge on any atom is -0.254 e. The predicted octanol–water partition coefficient (Wildman–Crippen LogP) is 1.21. The Hall–Kier alpha value is 0.0400. The first kappa shape index (κ1) is 9.13. The van der Waals surface area contributed by atoms with Gasteiger partial charge in [-0.2, -0.15) is 0 Å². The Morgan fingerprint density at radius 3 is 2.00 bits per heavy atom. The highest BCUT2D eigenvalue weighted by molar-refractivity contribution is 7.48. The first-order valence-electron chi connectivity index (χ1n) is 2.72. The molecule has 0 aromatic rings. The number of nitrogens with zero attached hydrogens (tertiary/aromatic N) is 1. The highest BCUT2D eigenvalue weighted by Crippen LogP contribution is 2.47. The second-order valence-electron chi connectivity index (χ2n) is 2.01. The van der Waals surface area contributed by atoms with E-state index in [4.69, 9.17) is 0 Å². The molecule has 0 saturated carbocycles. The zero-order chi connectivity index (χ0) is 8.43. The van der Waals surface area contributed by atoms with Crippen LogP contribution in [0.5, 0.6) is 0 Å². The highest BCUT2D eigenvalue weighted by Gasteiger charge is 2.53. The van der Waals surface area contributed by atoms with Gasteiger partial charge in [-0.3, -0.25) is 4.90 Å². The molecule has 1 aliphatic heterocycles. The Balaban J connectivity index is 2.56. The minimum atomic E-state index is -2.30. The Bertz CT molecular complexity index is 178. The molecule has 2 unspecified atom stereocenters. The van der Waals surface area contributed by atoms with Gasteiger partial charge in [0.1, 0.15) is 0 Å². The summed E-state index contributed by atoms with van der Waals surface area (Å²) in [5, 5.41) is 0. The maximum absolute atomic E-state index is 10.6. The predicted molar refractivity (Wildman–Crippen MR) is 35.9 cm³/mol. The van der Waals surface area contributed by atoms with Gasteiger partial charge in [0.2, 0.25) is 0 Å². The van der Waals surface area contributed by atoms with Crippen molar-refractivity contribution in [2.45, 2.75) is 6.41 Å². The van der Waals surface area contributed by atoms with Gasteiger partial charge < -0.3 is 0 Å². The van der Waals surface area contributed by atoms with Gasteiger partial charge in [0.25, 0.3) is 0 Å². The van der Waals surface area contributed by atoms with Crippen LogP contribution < -0.4 is 0 Å². The van der Waals surface area contributed by atoms with E-state index >= 15 is 0 Å². The maximum atomic E-state index is 10.6. The zero-order valence-electron chi connectivity index (χ0n) is 5.96. The van der Waals surface area contributed by atoms with Crippen molar-refractivity contribution in [3.05, 3.63) is 0 Å². The van der Waals surface area contributed by atoms with Gasteiger partial charge in [-0.25, -0.2) is 0 Å². The first-order chi connectivity index (χ1) is 5.09. The van der Waals surface area contributed by atoms with Crippen molar-refractivity contribution >= 4 is 16.5 Å². The fourth-order valence-electron chi connectivity index (χ4n) is 0.448. The summed E-state index contributed by atoms with van der Waals surface area (Å²) < 4.78 is 34.7. The lowest BCUT2D eigenvalue weighted by Gasteiger charge is -2.11. The quantitative estimate of drug-likeness (QED) is 0.591. The van der Waals surface area contributed by atoms with Crippen LogP contribution in [0.3, 0.4) is 0 Å². The molecule has 2 atom stereocenters. The summed E-state index contributed by atoms with van der Waals surface area (Å²) >= 11 is 0. The monoisotopic (exact) mass is 199 g/mol. The Morgan fingerprint density at radius 1 is 1.18 bits per heavy atom. The summed E-state index contributed by atoms with van der Waals surface area (Å²) in [6, 6.07) is 0. The fraction of sp³-hybridized carbons (Fsp3) is 1.00. The Labute approximate surface area is 65.3 Å². The fourth-order valence-corrected chi connectivity index (χ4v) is 2.02. The summed E-state index contributed by atoms with van der Waals surface area (Å²) in [4.78, 5) is 1.49. The Morgan fingerprint density at radius 2 is 1.64 bits per heavy atom. The van der Waals surface area contributed by atoms with Crippen molar-refractivity contribution in [1.82, 2.24) is 4.90 Å². The second kappa shape index (κ2) is 3.63. The molecule has 0 radical (unpaired) electrons. The molecule has 62 valence electrons. The topological polar surface area (TPSA) is 65.1 Å². The van der Waals surface area contributed by atoms with Gasteiger partial charge in [-0.05, 0) is 14.1 Å². The lowest BCUT2D eigenvalue weighted by Crippen LogP contribution is -2.31. The molecule has 0 aliphatic carbocycles. The van der Waals surface area contributed by atoms with Gasteiger partial charge in [-0.1, -0.05) is 9.05 Å². The largest absolute Gasteiger partial charge is 0.752 e. The first-order valence-corrected chi connectivity index (χ1v) is 4.91. The van der Waals surface area contributed by atoms with Crippen molar-refractivity contribution in [3.63, 3.8) is 0 Å². The van der Waals surface area contributed by atoms with Gasteiger partial charge in [-0.15, -0.1) is 0 Å². The molecule has 1 saturated heterocycles. The number of hydrogen-bond donors (Lipinski definition) is 0. The molecule has 0 aromatic carbocycles. The summed E-state index contributed by atoms with van der Waals surface area (Å²) in [7, 11) is -1.32. The van der Waals surface area contributed by atoms with Crippen LogP contribution in [-0.2, 0) is 22.5 Å². The molecular formula is C3H7NO5P2+2. The molecule has 0 N–H and O–H groups in total. The number of rotatable bonds is 1. The van der Waals surface area contributed by atoms with Crippen LogP contribution in [0.25, 0.3) is 0 Å². The van der Waals surface area contributed by atoms with Crippen LogP contribution >= 0.6 is 16.5 Å². The lowest BCUT2D eigenvalue weighted by molar-refractivity contribution is -0.107. The molecule has 1 aliphatic rings. The van der Waals surface area contributed by atoms with Crippen molar-refractivity contribution in [3.8, 4) is 0 Å².